The van der Waals surface area contributed by atoms with E-state index in [4.69, 9.17) is 9.47 Å². The number of anilines is 1. The first-order valence-electron chi connectivity index (χ1n) is 18.0. The second-order valence-electron chi connectivity index (χ2n) is 13.4. The molecule has 0 aliphatic carbocycles. The summed E-state index contributed by atoms with van der Waals surface area (Å²) in [5.41, 5.74) is 6.63. The normalized spacial score (nSPS) is 13.4. The third kappa shape index (κ3) is 8.43. The van der Waals surface area contributed by atoms with Crippen molar-refractivity contribution in [2.24, 2.45) is 0 Å². The minimum absolute atomic E-state index is 0.157. The molecule has 0 unspecified atom stereocenters. The summed E-state index contributed by atoms with van der Waals surface area (Å²) in [6, 6.07) is 38.1. The number of ether oxygens (including phenoxy) is 2. The number of hydrogen-bond donors (Lipinski definition) is 2. The van der Waals surface area contributed by atoms with E-state index in [9.17, 15) is 14.4 Å². The summed E-state index contributed by atoms with van der Waals surface area (Å²) in [7, 11) is 3.33. The summed E-state index contributed by atoms with van der Waals surface area (Å²) < 4.78 is 12.5. The number of benzene rings is 5. The van der Waals surface area contributed by atoms with Crippen LogP contribution in [0.4, 0.5) is 5.69 Å². The molecule has 9 nitrogen and oxygen atoms in total. The summed E-state index contributed by atoms with van der Waals surface area (Å²) in [4.78, 5) is 45.6. The average molecular weight is 719 g/mol. The molecule has 0 saturated heterocycles. The van der Waals surface area contributed by atoms with Crippen LogP contribution in [0, 0.1) is 0 Å². The van der Waals surface area contributed by atoms with Gasteiger partial charge in [-0.2, -0.15) is 0 Å². The Bertz CT molecular complexity index is 2490. The van der Waals surface area contributed by atoms with Gasteiger partial charge in [-0.15, -0.1) is 0 Å². The fourth-order valence-electron chi connectivity index (χ4n) is 6.76. The molecule has 0 bridgehead atoms. The lowest BCUT2D eigenvalue weighted by Gasteiger charge is -2.29. The number of aromatic amines is 1. The first-order chi connectivity index (χ1) is 26.4. The average Bonchev–Trinajstić information content (AvgIpc) is 3.21. The molecule has 0 radical (unpaired) electrons. The monoisotopic (exact) mass is 718 g/mol. The molecule has 0 atom stereocenters. The molecule has 5 aromatic carbocycles. The second-order valence-corrected chi connectivity index (χ2v) is 13.4. The topological polar surface area (TPSA) is 106 Å². The number of fused-ring (bicyclic) bond motifs is 1. The van der Waals surface area contributed by atoms with Gasteiger partial charge in [0.05, 0.1) is 20.8 Å². The Balaban J connectivity index is 1.01. The molecule has 1 amide bonds. The van der Waals surface area contributed by atoms with Crippen LogP contribution in [0.5, 0.6) is 11.5 Å². The molecule has 0 spiro atoms. The van der Waals surface area contributed by atoms with Gasteiger partial charge in [0, 0.05) is 30.9 Å². The van der Waals surface area contributed by atoms with Crippen molar-refractivity contribution in [3.05, 3.63) is 192 Å². The molecule has 1 aliphatic rings. The van der Waals surface area contributed by atoms with Gasteiger partial charge in [0.15, 0.2) is 11.5 Å². The minimum atomic E-state index is -0.373. The molecule has 2 heterocycles. The molecule has 272 valence electrons. The highest BCUT2D eigenvalue weighted by Crippen LogP contribution is 2.33. The molecular weight excluding hydrogens is 677 g/mol. The van der Waals surface area contributed by atoms with Gasteiger partial charge >= 0.3 is 0 Å². The van der Waals surface area contributed by atoms with Crippen LogP contribution in [0.25, 0.3) is 12.2 Å². The molecule has 54 heavy (non-hydrogen) atoms. The molecule has 7 rings (SSSR count). The van der Waals surface area contributed by atoms with E-state index >= 15 is 0 Å². The van der Waals surface area contributed by atoms with Crippen molar-refractivity contribution in [2.75, 3.05) is 32.6 Å². The zero-order chi connectivity index (χ0) is 37.4. The highest BCUT2D eigenvalue weighted by molar-refractivity contribution is 6.04. The molecule has 6 aromatic rings. The lowest BCUT2D eigenvalue weighted by atomic mass is 9.98. The number of carbonyl (C=O) groups excluding carboxylic acids is 1. The molecule has 2 N–H and O–H groups in total. The molecule has 0 saturated carbocycles. The van der Waals surface area contributed by atoms with E-state index in [1.165, 1.54) is 21.3 Å². The van der Waals surface area contributed by atoms with E-state index in [1.807, 2.05) is 84.9 Å². The van der Waals surface area contributed by atoms with Gasteiger partial charge in [-0.1, -0.05) is 84.9 Å². The van der Waals surface area contributed by atoms with Crippen molar-refractivity contribution in [3.8, 4) is 11.5 Å². The standard InChI is InChI=1S/C45H42N4O5/c1-53-41-27-36-22-24-48(30-37(36)28-42(41)54-2)23-21-31-15-19-38(20-16-31)46-43(50)35-17-13-33(14-18-35)25-39-45(52)49(29-34-11-7-4-8-12-34)40(44(51)47-39)26-32-9-5-3-6-10-32/h3-20,25-28H,21-24,29-30H2,1-2H3,(H,46,50)(H,47,51). The van der Waals surface area contributed by atoms with Gasteiger partial charge in [-0.3, -0.25) is 23.9 Å². The summed E-state index contributed by atoms with van der Waals surface area (Å²) in [5, 5.41) is 3.40. The predicted octanol–water partition coefficient (Wildman–Crippen LogP) is 5.11. The third-order valence-corrected chi connectivity index (χ3v) is 9.74. The van der Waals surface area contributed by atoms with E-state index in [1.54, 1.807) is 50.6 Å². The quantitative estimate of drug-likeness (QED) is 0.193. The lowest BCUT2D eigenvalue weighted by Crippen LogP contribution is -2.53. The van der Waals surface area contributed by atoms with Crippen LogP contribution in [0.1, 0.15) is 43.7 Å². The molecule has 1 aromatic heterocycles. The Morgan fingerprint density at radius 3 is 2.09 bits per heavy atom. The number of aromatic nitrogens is 2. The Labute approximate surface area is 313 Å². The van der Waals surface area contributed by atoms with Gasteiger partial charge in [-0.05, 0) is 94.8 Å². The number of H-pyrrole nitrogens is 1. The smallest absolute Gasteiger partial charge is 0.275 e. The third-order valence-electron chi connectivity index (χ3n) is 9.74. The number of carbonyl (C=O) groups is 1. The van der Waals surface area contributed by atoms with E-state index in [-0.39, 0.29) is 34.3 Å². The highest BCUT2D eigenvalue weighted by atomic mass is 16.5. The van der Waals surface area contributed by atoms with Crippen LogP contribution >= 0.6 is 0 Å². The van der Waals surface area contributed by atoms with Gasteiger partial charge < -0.3 is 19.8 Å². The zero-order valence-corrected chi connectivity index (χ0v) is 30.4. The Morgan fingerprint density at radius 2 is 1.41 bits per heavy atom. The van der Waals surface area contributed by atoms with E-state index in [0.717, 1.165) is 55.1 Å². The summed E-state index contributed by atoms with van der Waals surface area (Å²) in [5.74, 6) is 1.29. The van der Waals surface area contributed by atoms with Crippen LogP contribution in [0.2, 0.25) is 0 Å². The van der Waals surface area contributed by atoms with Crippen molar-refractivity contribution in [1.29, 1.82) is 0 Å². The van der Waals surface area contributed by atoms with E-state index < -0.39 is 0 Å². The van der Waals surface area contributed by atoms with Gasteiger partial charge in [0.2, 0.25) is 0 Å². The van der Waals surface area contributed by atoms with E-state index in [2.05, 4.69) is 27.3 Å². The van der Waals surface area contributed by atoms with Crippen LogP contribution < -0.4 is 36.6 Å². The van der Waals surface area contributed by atoms with Crippen LogP contribution in [0.3, 0.4) is 0 Å². The Hall–Kier alpha value is -6.45. The SMILES string of the molecule is COc1cc2c(cc1OC)CN(CCc1ccc(NC(=O)c3ccc(C=c4[nH]c(=O)c(=Cc5ccccc5)n(Cc5ccccc5)c4=O)cc3)cc1)CC2. The zero-order valence-electron chi connectivity index (χ0n) is 30.4. The first kappa shape index (κ1) is 35.9. The van der Waals surface area contributed by atoms with Crippen LogP contribution in [0.15, 0.2) is 131 Å². The summed E-state index contributed by atoms with van der Waals surface area (Å²) >= 11 is 0. The van der Waals surface area contributed by atoms with E-state index in [0.29, 0.717) is 16.8 Å². The van der Waals surface area contributed by atoms with Crippen molar-refractivity contribution < 1.29 is 14.3 Å². The van der Waals surface area contributed by atoms with Crippen molar-refractivity contribution in [2.45, 2.75) is 25.9 Å². The summed E-state index contributed by atoms with van der Waals surface area (Å²) in [6.45, 7) is 3.01. The van der Waals surface area contributed by atoms with Crippen LogP contribution in [-0.2, 0) is 25.9 Å². The summed E-state index contributed by atoms with van der Waals surface area (Å²) in [6.07, 6.45) is 5.22. The molecular formula is C45H42N4O5. The maximum Gasteiger partial charge on any atom is 0.275 e. The van der Waals surface area contributed by atoms with Crippen LogP contribution in [-0.4, -0.2) is 47.7 Å². The number of nitrogens with zero attached hydrogens (tertiary/aromatic N) is 2. The predicted molar refractivity (Wildman–Crippen MR) is 213 cm³/mol. The fraction of sp³-hybridized carbons (Fsp3) is 0.178. The van der Waals surface area contributed by atoms with Crippen molar-refractivity contribution >= 4 is 23.7 Å². The van der Waals surface area contributed by atoms with Crippen molar-refractivity contribution in [3.63, 3.8) is 0 Å². The Morgan fingerprint density at radius 1 is 0.759 bits per heavy atom. The molecule has 1 aliphatic heterocycles. The van der Waals surface area contributed by atoms with Gasteiger partial charge in [-0.25, -0.2) is 0 Å². The van der Waals surface area contributed by atoms with Gasteiger partial charge in [0.1, 0.15) is 10.7 Å². The minimum Gasteiger partial charge on any atom is -0.493 e. The maximum atomic E-state index is 13.8. The largest absolute Gasteiger partial charge is 0.493 e. The number of methoxy groups -OCH3 is 2. The highest BCUT2D eigenvalue weighted by Gasteiger charge is 2.19. The number of amides is 1. The maximum absolute atomic E-state index is 13.8. The second kappa shape index (κ2) is 16.5. The fourth-order valence-corrected chi connectivity index (χ4v) is 6.76. The molecule has 9 heteroatoms. The first-order valence-corrected chi connectivity index (χ1v) is 18.0. The number of hydrogen-bond acceptors (Lipinski definition) is 6. The van der Waals surface area contributed by atoms with Gasteiger partial charge in [0.25, 0.3) is 17.0 Å². The molecule has 0 fully saturated rings. The Kier molecular flexibility index (Phi) is 11.0. The lowest BCUT2D eigenvalue weighted by molar-refractivity contribution is 0.102. The van der Waals surface area contributed by atoms with Crippen molar-refractivity contribution in [1.82, 2.24) is 14.5 Å². The number of nitrogens with one attached hydrogen (secondary N) is 2. The number of rotatable bonds is 11.